The second kappa shape index (κ2) is 5.53. The maximum Gasteiger partial charge on any atom is 0.128 e. The molecule has 0 bridgehead atoms. The normalized spacial score (nSPS) is 30.9. The van der Waals surface area contributed by atoms with Crippen LogP contribution < -0.4 is 5.73 Å². The molecule has 0 amide bonds. The van der Waals surface area contributed by atoms with Crippen molar-refractivity contribution in [3.8, 4) is 0 Å². The predicted molar refractivity (Wildman–Crippen MR) is 67.8 cm³/mol. The Kier molecular flexibility index (Phi) is 4.18. The number of aliphatic hydroxyl groups excluding tert-OH is 1. The SMILES string of the molecule is C[C@@H]1C[C@@H](O)[C@@H](C(N)(CF)c2ccccc2F)CO1. The van der Waals surface area contributed by atoms with Gasteiger partial charge in [0.05, 0.1) is 24.4 Å². The van der Waals surface area contributed by atoms with Gasteiger partial charge in [0.1, 0.15) is 12.5 Å². The summed E-state index contributed by atoms with van der Waals surface area (Å²) in [7, 11) is 0. The van der Waals surface area contributed by atoms with Crippen LogP contribution in [0.2, 0.25) is 0 Å². The number of hydrogen-bond acceptors (Lipinski definition) is 3. The topological polar surface area (TPSA) is 55.5 Å². The third-order valence-electron chi connectivity index (χ3n) is 3.86. The van der Waals surface area contributed by atoms with Crippen molar-refractivity contribution in [2.75, 3.05) is 13.3 Å². The van der Waals surface area contributed by atoms with Crippen molar-refractivity contribution in [1.82, 2.24) is 0 Å². The summed E-state index contributed by atoms with van der Waals surface area (Å²) < 4.78 is 32.8. The number of hydrogen-bond donors (Lipinski definition) is 2. The number of alkyl halides is 1. The van der Waals surface area contributed by atoms with Crippen LogP contribution in [-0.4, -0.2) is 30.6 Å². The first-order valence-corrected chi connectivity index (χ1v) is 6.38. The largest absolute Gasteiger partial charge is 0.393 e. The molecule has 1 saturated heterocycles. The summed E-state index contributed by atoms with van der Waals surface area (Å²) in [5.74, 6) is -1.22. The number of ether oxygens (including phenoxy) is 1. The molecule has 5 heteroatoms. The molecule has 1 aliphatic rings. The van der Waals surface area contributed by atoms with Crippen molar-refractivity contribution in [3.63, 3.8) is 0 Å². The quantitative estimate of drug-likeness (QED) is 0.880. The van der Waals surface area contributed by atoms with Gasteiger partial charge in [-0.3, -0.25) is 0 Å². The van der Waals surface area contributed by atoms with Crippen molar-refractivity contribution < 1.29 is 18.6 Å². The maximum atomic E-state index is 13.9. The first-order chi connectivity index (χ1) is 8.99. The third kappa shape index (κ3) is 2.63. The van der Waals surface area contributed by atoms with Gasteiger partial charge in [-0.1, -0.05) is 18.2 Å². The molecular formula is C14H19F2NO2. The summed E-state index contributed by atoms with van der Waals surface area (Å²) in [6, 6.07) is 5.83. The van der Waals surface area contributed by atoms with Gasteiger partial charge in [-0.25, -0.2) is 8.78 Å². The van der Waals surface area contributed by atoms with Crippen LogP contribution in [0.15, 0.2) is 24.3 Å². The molecule has 1 aromatic rings. The molecule has 0 saturated carbocycles. The summed E-state index contributed by atoms with van der Waals surface area (Å²) in [5.41, 5.74) is 4.59. The summed E-state index contributed by atoms with van der Waals surface area (Å²) in [6.45, 7) is 1.00. The lowest BCUT2D eigenvalue weighted by Crippen LogP contribution is -2.56. The van der Waals surface area contributed by atoms with Crippen LogP contribution >= 0.6 is 0 Å². The van der Waals surface area contributed by atoms with Gasteiger partial charge < -0.3 is 15.6 Å². The van der Waals surface area contributed by atoms with E-state index in [1.807, 2.05) is 6.92 Å². The Hall–Kier alpha value is -1.04. The van der Waals surface area contributed by atoms with Crippen molar-refractivity contribution in [2.45, 2.75) is 31.1 Å². The van der Waals surface area contributed by atoms with E-state index in [4.69, 9.17) is 10.5 Å². The zero-order valence-electron chi connectivity index (χ0n) is 10.9. The van der Waals surface area contributed by atoms with Gasteiger partial charge in [0.25, 0.3) is 0 Å². The van der Waals surface area contributed by atoms with Crippen molar-refractivity contribution in [1.29, 1.82) is 0 Å². The van der Waals surface area contributed by atoms with Gasteiger partial charge in [0, 0.05) is 11.5 Å². The summed E-state index contributed by atoms with van der Waals surface area (Å²) in [6.07, 6.45) is -0.530. The van der Waals surface area contributed by atoms with E-state index in [9.17, 15) is 13.9 Å². The van der Waals surface area contributed by atoms with E-state index < -0.39 is 30.1 Å². The van der Waals surface area contributed by atoms with E-state index in [1.54, 1.807) is 6.07 Å². The van der Waals surface area contributed by atoms with Gasteiger partial charge in [0.15, 0.2) is 0 Å². The molecule has 0 radical (unpaired) electrons. The molecule has 1 heterocycles. The number of benzene rings is 1. The monoisotopic (exact) mass is 271 g/mol. The minimum Gasteiger partial charge on any atom is -0.393 e. The standard InChI is InChI=1S/C14H19F2NO2/c1-9-6-13(18)11(7-19-9)14(17,8-15)10-4-2-3-5-12(10)16/h2-5,9,11,13,18H,6-8,17H2,1H3/t9-,11+,13-,14?/m1/s1. The Morgan fingerprint density at radius 1 is 1.47 bits per heavy atom. The van der Waals surface area contributed by atoms with E-state index in [1.165, 1.54) is 18.2 Å². The molecule has 106 valence electrons. The number of halogens is 2. The fourth-order valence-corrected chi connectivity index (χ4v) is 2.65. The zero-order chi connectivity index (χ0) is 14.0. The Morgan fingerprint density at radius 3 is 2.74 bits per heavy atom. The van der Waals surface area contributed by atoms with Crippen molar-refractivity contribution in [3.05, 3.63) is 35.6 Å². The lowest BCUT2D eigenvalue weighted by Gasteiger charge is -2.42. The van der Waals surface area contributed by atoms with Crippen molar-refractivity contribution >= 4 is 0 Å². The molecule has 4 atom stereocenters. The van der Waals surface area contributed by atoms with E-state index in [-0.39, 0.29) is 18.3 Å². The highest BCUT2D eigenvalue weighted by molar-refractivity contribution is 5.28. The third-order valence-corrected chi connectivity index (χ3v) is 3.86. The van der Waals surface area contributed by atoms with Crippen molar-refractivity contribution in [2.24, 2.45) is 11.7 Å². The molecule has 0 aliphatic carbocycles. The molecule has 2 rings (SSSR count). The van der Waals surface area contributed by atoms with Gasteiger partial charge in [-0.05, 0) is 19.4 Å². The molecule has 0 spiro atoms. The highest BCUT2D eigenvalue weighted by Gasteiger charge is 2.45. The van der Waals surface area contributed by atoms with Crippen LogP contribution in [0.4, 0.5) is 8.78 Å². The Bertz CT molecular complexity index is 443. The highest BCUT2D eigenvalue weighted by Crippen LogP contribution is 2.36. The van der Waals surface area contributed by atoms with Crippen LogP contribution in [0.3, 0.4) is 0 Å². The average molecular weight is 271 g/mol. The van der Waals surface area contributed by atoms with E-state index in [0.717, 1.165) is 0 Å². The molecular weight excluding hydrogens is 252 g/mol. The lowest BCUT2D eigenvalue weighted by atomic mass is 9.74. The molecule has 1 aromatic carbocycles. The fraction of sp³-hybridized carbons (Fsp3) is 0.571. The summed E-state index contributed by atoms with van der Waals surface area (Å²) in [5, 5.41) is 10.1. The first kappa shape index (κ1) is 14.4. The number of aliphatic hydroxyl groups is 1. The zero-order valence-corrected chi connectivity index (χ0v) is 10.9. The van der Waals surface area contributed by atoms with E-state index in [0.29, 0.717) is 6.42 Å². The van der Waals surface area contributed by atoms with Crippen LogP contribution in [0, 0.1) is 11.7 Å². The Labute approximate surface area is 111 Å². The minimum atomic E-state index is -1.56. The van der Waals surface area contributed by atoms with E-state index >= 15 is 0 Å². The van der Waals surface area contributed by atoms with Gasteiger partial charge in [-0.2, -0.15) is 0 Å². The molecule has 1 aliphatic heterocycles. The van der Waals surface area contributed by atoms with Gasteiger partial charge in [-0.15, -0.1) is 0 Å². The molecule has 19 heavy (non-hydrogen) atoms. The van der Waals surface area contributed by atoms with Gasteiger partial charge >= 0.3 is 0 Å². The average Bonchev–Trinajstić information content (AvgIpc) is 2.38. The Balaban J connectivity index is 2.35. The van der Waals surface area contributed by atoms with Crippen LogP contribution in [0.25, 0.3) is 0 Å². The van der Waals surface area contributed by atoms with Crippen LogP contribution in [-0.2, 0) is 10.3 Å². The maximum absolute atomic E-state index is 13.9. The molecule has 0 aromatic heterocycles. The smallest absolute Gasteiger partial charge is 0.128 e. The van der Waals surface area contributed by atoms with E-state index in [2.05, 4.69) is 0 Å². The number of rotatable bonds is 3. The number of nitrogens with two attached hydrogens (primary N) is 1. The fourth-order valence-electron chi connectivity index (χ4n) is 2.65. The molecule has 1 unspecified atom stereocenters. The predicted octanol–water partition coefficient (Wildman–Crippen LogP) is 1.74. The second-order valence-electron chi connectivity index (χ2n) is 5.21. The van der Waals surface area contributed by atoms with Crippen LogP contribution in [0.5, 0.6) is 0 Å². The first-order valence-electron chi connectivity index (χ1n) is 6.38. The summed E-state index contributed by atoms with van der Waals surface area (Å²) in [4.78, 5) is 0. The molecule has 3 nitrogen and oxygen atoms in total. The Morgan fingerprint density at radius 2 is 2.16 bits per heavy atom. The lowest BCUT2D eigenvalue weighted by molar-refractivity contribution is -0.104. The molecule has 1 fully saturated rings. The molecule has 3 N–H and O–H groups in total. The van der Waals surface area contributed by atoms with Gasteiger partial charge in [0.2, 0.25) is 0 Å². The minimum absolute atomic E-state index is 0.0831. The summed E-state index contributed by atoms with van der Waals surface area (Å²) >= 11 is 0. The second-order valence-corrected chi connectivity index (χ2v) is 5.21. The highest BCUT2D eigenvalue weighted by atomic mass is 19.1. The van der Waals surface area contributed by atoms with Crippen LogP contribution in [0.1, 0.15) is 18.9 Å².